The molecule has 2 heteroatoms. The highest BCUT2D eigenvalue weighted by Crippen LogP contribution is 2.08. The fraction of sp³-hybridized carbons (Fsp3) is 0.773. The lowest BCUT2D eigenvalue weighted by Gasteiger charge is -2.03. The third-order valence-electron chi connectivity index (χ3n) is 4.12. The molecule has 0 aliphatic rings. The van der Waals surface area contributed by atoms with Crippen molar-refractivity contribution in [1.82, 2.24) is 0 Å². The minimum absolute atomic E-state index is 0.0205. The van der Waals surface area contributed by atoms with Gasteiger partial charge in [-0.1, -0.05) is 83.1 Å². The largest absolute Gasteiger partial charge is 0.466 e. The summed E-state index contributed by atoms with van der Waals surface area (Å²) < 4.78 is 5.15. The first-order chi connectivity index (χ1) is 11.8. The Hall–Kier alpha value is -1.05. The van der Waals surface area contributed by atoms with Crippen LogP contribution in [-0.2, 0) is 9.53 Å². The summed E-state index contributed by atoms with van der Waals surface area (Å²) in [6.45, 7) is 4.95. The predicted octanol–water partition coefficient (Wildman–Crippen LogP) is 7.14. The van der Waals surface area contributed by atoms with E-state index in [0.717, 1.165) is 25.7 Å². The average Bonchev–Trinajstić information content (AvgIpc) is 2.58. The lowest BCUT2D eigenvalue weighted by molar-refractivity contribution is -0.143. The topological polar surface area (TPSA) is 26.3 Å². The second kappa shape index (κ2) is 20.0. The molecule has 2 nitrogen and oxygen atoms in total. The molecular weight excluding hydrogens is 296 g/mol. The second-order valence-corrected chi connectivity index (χ2v) is 6.59. The van der Waals surface area contributed by atoms with Crippen molar-refractivity contribution < 1.29 is 9.53 Å². The van der Waals surface area contributed by atoms with Crippen molar-refractivity contribution in [2.45, 2.75) is 104 Å². The molecule has 24 heavy (non-hydrogen) atoms. The van der Waals surface area contributed by atoms with Crippen LogP contribution in [0.1, 0.15) is 104 Å². The average molecular weight is 337 g/mol. The van der Waals surface area contributed by atoms with E-state index in [4.69, 9.17) is 4.74 Å². The standard InChI is InChI=1S/C22H40O2/c1-3-5-7-8-9-10-11-12-13-14-15-16-17-18-19-20-22(23)24-21-6-4-2/h10-13H,3-9,14-21H2,1-2H3/b11-10-,13-12-. The SMILES string of the molecule is CCCCCC/C=C\C=C/CCCCCCCC(=O)OCCCC. The van der Waals surface area contributed by atoms with Gasteiger partial charge in [0.2, 0.25) is 0 Å². The Morgan fingerprint density at radius 1 is 0.708 bits per heavy atom. The molecule has 0 aromatic heterocycles. The maximum absolute atomic E-state index is 11.4. The van der Waals surface area contributed by atoms with Gasteiger partial charge in [0, 0.05) is 6.42 Å². The van der Waals surface area contributed by atoms with Gasteiger partial charge in [-0.15, -0.1) is 0 Å². The fourth-order valence-electron chi connectivity index (χ4n) is 2.50. The Balaban J connectivity index is 3.25. The van der Waals surface area contributed by atoms with Crippen LogP contribution in [0.15, 0.2) is 24.3 Å². The van der Waals surface area contributed by atoms with E-state index in [2.05, 4.69) is 38.2 Å². The van der Waals surface area contributed by atoms with Gasteiger partial charge in [0.15, 0.2) is 0 Å². The van der Waals surface area contributed by atoms with Gasteiger partial charge in [-0.3, -0.25) is 4.79 Å². The van der Waals surface area contributed by atoms with Crippen LogP contribution in [0.3, 0.4) is 0 Å². The highest BCUT2D eigenvalue weighted by atomic mass is 16.5. The van der Waals surface area contributed by atoms with Gasteiger partial charge in [0.25, 0.3) is 0 Å². The molecule has 0 heterocycles. The molecule has 0 aliphatic heterocycles. The van der Waals surface area contributed by atoms with E-state index in [1.165, 1.54) is 57.8 Å². The summed E-state index contributed by atoms with van der Waals surface area (Å²) >= 11 is 0. The summed E-state index contributed by atoms with van der Waals surface area (Å²) in [6, 6.07) is 0. The van der Waals surface area contributed by atoms with E-state index in [1.54, 1.807) is 0 Å². The highest BCUT2D eigenvalue weighted by molar-refractivity contribution is 5.69. The number of rotatable bonds is 17. The van der Waals surface area contributed by atoms with Crippen molar-refractivity contribution in [3.8, 4) is 0 Å². The molecule has 0 rings (SSSR count). The van der Waals surface area contributed by atoms with Crippen molar-refractivity contribution in [2.75, 3.05) is 6.61 Å². The molecular formula is C22H40O2. The number of ether oxygens (including phenoxy) is 1. The van der Waals surface area contributed by atoms with Gasteiger partial charge in [-0.05, 0) is 38.5 Å². The number of carbonyl (C=O) groups is 1. The molecule has 0 aromatic rings. The highest BCUT2D eigenvalue weighted by Gasteiger charge is 2.01. The molecule has 0 fully saturated rings. The Bertz CT molecular complexity index is 318. The number of unbranched alkanes of at least 4 members (excludes halogenated alkanes) is 10. The van der Waals surface area contributed by atoms with E-state index in [0.29, 0.717) is 13.0 Å². The molecule has 0 unspecified atom stereocenters. The van der Waals surface area contributed by atoms with Crippen LogP contribution in [-0.4, -0.2) is 12.6 Å². The molecule has 0 aromatic carbocycles. The molecule has 0 N–H and O–H groups in total. The van der Waals surface area contributed by atoms with Gasteiger partial charge in [0.05, 0.1) is 6.61 Å². The summed E-state index contributed by atoms with van der Waals surface area (Å²) in [4.78, 5) is 11.4. The van der Waals surface area contributed by atoms with Crippen LogP contribution in [0.2, 0.25) is 0 Å². The molecule has 0 aliphatic carbocycles. The van der Waals surface area contributed by atoms with Crippen molar-refractivity contribution >= 4 is 5.97 Å². The van der Waals surface area contributed by atoms with E-state index < -0.39 is 0 Å². The quantitative estimate of drug-likeness (QED) is 0.160. The zero-order chi connectivity index (χ0) is 17.7. The molecule has 140 valence electrons. The molecule has 0 spiro atoms. The van der Waals surface area contributed by atoms with E-state index in [9.17, 15) is 4.79 Å². The smallest absolute Gasteiger partial charge is 0.305 e. The summed E-state index contributed by atoms with van der Waals surface area (Å²) in [6.07, 6.45) is 25.2. The first kappa shape index (κ1) is 22.9. The monoisotopic (exact) mass is 336 g/mol. The van der Waals surface area contributed by atoms with Crippen LogP contribution in [0, 0.1) is 0 Å². The molecule has 0 radical (unpaired) electrons. The Labute approximate surface area is 150 Å². The minimum atomic E-state index is -0.0205. The first-order valence-corrected chi connectivity index (χ1v) is 10.3. The van der Waals surface area contributed by atoms with Crippen molar-refractivity contribution in [2.24, 2.45) is 0 Å². The van der Waals surface area contributed by atoms with Gasteiger partial charge < -0.3 is 4.74 Å². The number of hydrogen-bond donors (Lipinski definition) is 0. The number of allylic oxidation sites excluding steroid dienone is 4. The van der Waals surface area contributed by atoms with Crippen molar-refractivity contribution in [1.29, 1.82) is 0 Å². The maximum Gasteiger partial charge on any atom is 0.305 e. The molecule has 0 bridgehead atoms. The van der Waals surface area contributed by atoms with E-state index >= 15 is 0 Å². The van der Waals surface area contributed by atoms with Crippen LogP contribution >= 0.6 is 0 Å². The second-order valence-electron chi connectivity index (χ2n) is 6.59. The molecule has 0 atom stereocenters. The Morgan fingerprint density at radius 2 is 1.25 bits per heavy atom. The summed E-state index contributed by atoms with van der Waals surface area (Å²) in [5.74, 6) is -0.0205. The number of hydrogen-bond acceptors (Lipinski definition) is 2. The van der Waals surface area contributed by atoms with Gasteiger partial charge in [-0.25, -0.2) is 0 Å². The minimum Gasteiger partial charge on any atom is -0.466 e. The third-order valence-corrected chi connectivity index (χ3v) is 4.12. The van der Waals surface area contributed by atoms with Crippen LogP contribution in [0.4, 0.5) is 0 Å². The van der Waals surface area contributed by atoms with Crippen molar-refractivity contribution in [3.05, 3.63) is 24.3 Å². The van der Waals surface area contributed by atoms with Crippen molar-refractivity contribution in [3.63, 3.8) is 0 Å². The van der Waals surface area contributed by atoms with Crippen LogP contribution in [0.5, 0.6) is 0 Å². The fourth-order valence-corrected chi connectivity index (χ4v) is 2.50. The molecule has 0 saturated heterocycles. The Kier molecular flexibility index (Phi) is 19.1. The predicted molar refractivity (Wildman–Crippen MR) is 105 cm³/mol. The van der Waals surface area contributed by atoms with E-state index in [1.807, 2.05) is 0 Å². The molecule has 0 amide bonds. The first-order valence-electron chi connectivity index (χ1n) is 10.3. The Morgan fingerprint density at radius 3 is 1.88 bits per heavy atom. The lowest BCUT2D eigenvalue weighted by atomic mass is 10.1. The number of carbonyl (C=O) groups excluding carboxylic acids is 1. The summed E-state index contributed by atoms with van der Waals surface area (Å²) in [5, 5.41) is 0. The lowest BCUT2D eigenvalue weighted by Crippen LogP contribution is -2.05. The third kappa shape index (κ3) is 19.0. The zero-order valence-electron chi connectivity index (χ0n) is 16.2. The normalized spacial score (nSPS) is 11.6. The van der Waals surface area contributed by atoms with E-state index in [-0.39, 0.29) is 5.97 Å². The van der Waals surface area contributed by atoms with Gasteiger partial charge >= 0.3 is 5.97 Å². The summed E-state index contributed by atoms with van der Waals surface area (Å²) in [5.41, 5.74) is 0. The number of esters is 1. The molecule has 0 saturated carbocycles. The van der Waals surface area contributed by atoms with Crippen LogP contribution < -0.4 is 0 Å². The zero-order valence-corrected chi connectivity index (χ0v) is 16.2. The van der Waals surface area contributed by atoms with Crippen LogP contribution in [0.25, 0.3) is 0 Å². The van der Waals surface area contributed by atoms with Gasteiger partial charge in [-0.2, -0.15) is 0 Å². The van der Waals surface area contributed by atoms with Gasteiger partial charge in [0.1, 0.15) is 0 Å². The maximum atomic E-state index is 11.4. The summed E-state index contributed by atoms with van der Waals surface area (Å²) in [7, 11) is 0.